The molecule has 0 N–H and O–H groups in total. The highest BCUT2D eigenvalue weighted by Gasteiger charge is 2.31. The minimum Gasteiger partial charge on any atom is -0.465 e. The SMILES string of the molecule is CCOC(=O)C(Cl)c1cccc(C(F)(F)F)c1. The number of alkyl halides is 4. The first-order chi connectivity index (χ1) is 7.86. The van der Waals surface area contributed by atoms with Gasteiger partial charge in [0.15, 0.2) is 5.38 Å². The molecule has 0 saturated heterocycles. The van der Waals surface area contributed by atoms with Crippen LogP contribution in [0.3, 0.4) is 0 Å². The van der Waals surface area contributed by atoms with Crippen LogP contribution in [-0.2, 0) is 15.7 Å². The van der Waals surface area contributed by atoms with Crippen LogP contribution in [0.4, 0.5) is 13.2 Å². The van der Waals surface area contributed by atoms with E-state index in [0.717, 1.165) is 12.1 Å². The van der Waals surface area contributed by atoms with Crippen molar-refractivity contribution in [3.8, 4) is 0 Å². The Balaban J connectivity index is 2.96. The zero-order valence-electron chi connectivity index (χ0n) is 8.92. The lowest BCUT2D eigenvalue weighted by atomic mass is 10.1. The molecule has 2 nitrogen and oxygen atoms in total. The number of rotatable bonds is 3. The molecule has 17 heavy (non-hydrogen) atoms. The van der Waals surface area contributed by atoms with Crippen molar-refractivity contribution in [3.05, 3.63) is 35.4 Å². The summed E-state index contributed by atoms with van der Waals surface area (Å²) in [5.41, 5.74) is -0.773. The normalized spacial score (nSPS) is 13.2. The van der Waals surface area contributed by atoms with E-state index >= 15 is 0 Å². The first-order valence-corrected chi connectivity index (χ1v) is 5.27. The number of carbonyl (C=O) groups is 1. The van der Waals surface area contributed by atoms with Crippen molar-refractivity contribution in [2.45, 2.75) is 18.5 Å². The molecular weight excluding hydrogens is 257 g/mol. The van der Waals surface area contributed by atoms with Gasteiger partial charge < -0.3 is 4.74 Å². The molecule has 1 aromatic rings. The molecular formula is C11H10ClF3O2. The average Bonchev–Trinajstić information content (AvgIpc) is 2.27. The van der Waals surface area contributed by atoms with Gasteiger partial charge in [0.2, 0.25) is 0 Å². The summed E-state index contributed by atoms with van der Waals surface area (Å²) in [6, 6.07) is 4.31. The quantitative estimate of drug-likeness (QED) is 0.618. The van der Waals surface area contributed by atoms with Crippen LogP contribution in [0.25, 0.3) is 0 Å². The minimum absolute atomic E-state index is 0.0694. The van der Waals surface area contributed by atoms with Gasteiger partial charge in [-0.15, -0.1) is 11.6 Å². The Morgan fingerprint density at radius 3 is 2.65 bits per heavy atom. The van der Waals surface area contributed by atoms with E-state index in [4.69, 9.17) is 11.6 Å². The van der Waals surface area contributed by atoms with Crippen LogP contribution < -0.4 is 0 Å². The minimum atomic E-state index is -4.46. The summed E-state index contributed by atoms with van der Waals surface area (Å²) in [6.07, 6.45) is -4.46. The van der Waals surface area contributed by atoms with Crippen LogP contribution in [-0.4, -0.2) is 12.6 Å². The van der Waals surface area contributed by atoms with Crippen molar-refractivity contribution in [3.63, 3.8) is 0 Å². The van der Waals surface area contributed by atoms with E-state index in [1.807, 2.05) is 0 Å². The van der Waals surface area contributed by atoms with Crippen molar-refractivity contribution >= 4 is 17.6 Å². The summed E-state index contributed by atoms with van der Waals surface area (Å²) in [5.74, 6) is -0.756. The van der Waals surface area contributed by atoms with Gasteiger partial charge in [-0.2, -0.15) is 13.2 Å². The maximum absolute atomic E-state index is 12.4. The van der Waals surface area contributed by atoms with Crippen molar-refractivity contribution in [1.29, 1.82) is 0 Å². The molecule has 0 aromatic heterocycles. The van der Waals surface area contributed by atoms with Crippen molar-refractivity contribution in [2.24, 2.45) is 0 Å². The van der Waals surface area contributed by atoms with E-state index in [1.165, 1.54) is 12.1 Å². The molecule has 1 rings (SSSR count). The zero-order chi connectivity index (χ0) is 13.1. The van der Waals surface area contributed by atoms with E-state index in [-0.39, 0.29) is 12.2 Å². The summed E-state index contributed by atoms with van der Waals surface area (Å²) >= 11 is 5.72. The first kappa shape index (κ1) is 13.8. The third-order valence-corrected chi connectivity index (χ3v) is 2.43. The van der Waals surface area contributed by atoms with Gasteiger partial charge >= 0.3 is 12.1 Å². The van der Waals surface area contributed by atoms with E-state index in [0.29, 0.717) is 0 Å². The summed E-state index contributed by atoms with van der Waals surface area (Å²) in [4.78, 5) is 11.3. The molecule has 0 radical (unpaired) electrons. The number of benzene rings is 1. The molecule has 0 bridgehead atoms. The number of hydrogen-bond acceptors (Lipinski definition) is 2. The Morgan fingerprint density at radius 1 is 1.47 bits per heavy atom. The highest BCUT2D eigenvalue weighted by molar-refractivity contribution is 6.29. The smallest absolute Gasteiger partial charge is 0.416 e. The van der Waals surface area contributed by atoms with Crippen LogP contribution in [0.15, 0.2) is 24.3 Å². The lowest BCUT2D eigenvalue weighted by Crippen LogP contribution is -2.12. The van der Waals surface area contributed by atoms with Gasteiger partial charge in [0.1, 0.15) is 0 Å². The average molecular weight is 267 g/mol. The van der Waals surface area contributed by atoms with Crippen LogP contribution in [0.1, 0.15) is 23.4 Å². The highest BCUT2D eigenvalue weighted by atomic mass is 35.5. The Hall–Kier alpha value is -1.23. The first-order valence-electron chi connectivity index (χ1n) is 4.84. The van der Waals surface area contributed by atoms with E-state index < -0.39 is 23.1 Å². The second kappa shape index (κ2) is 5.40. The van der Waals surface area contributed by atoms with Crippen LogP contribution in [0.2, 0.25) is 0 Å². The predicted molar refractivity (Wildman–Crippen MR) is 56.7 cm³/mol. The highest BCUT2D eigenvalue weighted by Crippen LogP contribution is 2.32. The molecule has 0 amide bonds. The van der Waals surface area contributed by atoms with E-state index in [1.54, 1.807) is 6.92 Å². The Labute approximate surface area is 101 Å². The van der Waals surface area contributed by atoms with Gasteiger partial charge in [-0.3, -0.25) is 4.79 Å². The number of halogens is 4. The fraction of sp³-hybridized carbons (Fsp3) is 0.364. The lowest BCUT2D eigenvalue weighted by molar-refractivity contribution is -0.143. The molecule has 6 heteroatoms. The fourth-order valence-electron chi connectivity index (χ4n) is 1.22. The lowest BCUT2D eigenvalue weighted by Gasteiger charge is -2.12. The third kappa shape index (κ3) is 3.63. The standard InChI is InChI=1S/C11H10ClF3O2/c1-2-17-10(16)9(12)7-4-3-5-8(6-7)11(13,14)15/h3-6,9H,2H2,1H3. The van der Waals surface area contributed by atoms with Crippen molar-refractivity contribution in [2.75, 3.05) is 6.61 Å². The number of hydrogen-bond donors (Lipinski definition) is 0. The molecule has 0 aliphatic heterocycles. The predicted octanol–water partition coefficient (Wildman–Crippen LogP) is 3.55. The molecule has 1 aromatic carbocycles. The Bertz CT molecular complexity index is 404. The molecule has 0 heterocycles. The van der Waals surface area contributed by atoms with E-state index in [2.05, 4.69) is 4.74 Å². The molecule has 1 unspecified atom stereocenters. The molecule has 0 spiro atoms. The van der Waals surface area contributed by atoms with Gasteiger partial charge in [-0.05, 0) is 24.6 Å². The Morgan fingerprint density at radius 2 is 2.12 bits per heavy atom. The summed E-state index contributed by atoms with van der Waals surface area (Å²) in [6.45, 7) is 1.72. The number of ether oxygens (including phenoxy) is 1. The zero-order valence-corrected chi connectivity index (χ0v) is 9.68. The molecule has 0 fully saturated rings. The number of carbonyl (C=O) groups excluding carboxylic acids is 1. The molecule has 0 aliphatic rings. The largest absolute Gasteiger partial charge is 0.465 e. The second-order valence-corrected chi connectivity index (χ2v) is 3.67. The Kier molecular flexibility index (Phi) is 4.40. The topological polar surface area (TPSA) is 26.3 Å². The van der Waals surface area contributed by atoms with Crippen LogP contribution in [0.5, 0.6) is 0 Å². The third-order valence-electron chi connectivity index (χ3n) is 2.00. The van der Waals surface area contributed by atoms with Crippen molar-refractivity contribution < 1.29 is 22.7 Å². The van der Waals surface area contributed by atoms with Gasteiger partial charge in [0, 0.05) is 0 Å². The summed E-state index contributed by atoms with van der Waals surface area (Å²) in [5, 5.41) is -1.22. The van der Waals surface area contributed by atoms with Crippen LogP contribution >= 0.6 is 11.6 Å². The van der Waals surface area contributed by atoms with Gasteiger partial charge in [0.25, 0.3) is 0 Å². The van der Waals surface area contributed by atoms with Gasteiger partial charge in [-0.1, -0.05) is 12.1 Å². The second-order valence-electron chi connectivity index (χ2n) is 3.24. The van der Waals surface area contributed by atoms with Gasteiger partial charge in [0.05, 0.1) is 12.2 Å². The fourth-order valence-corrected chi connectivity index (χ4v) is 1.42. The van der Waals surface area contributed by atoms with Crippen LogP contribution in [0, 0.1) is 0 Å². The number of esters is 1. The maximum atomic E-state index is 12.4. The summed E-state index contributed by atoms with van der Waals surface area (Å²) in [7, 11) is 0. The van der Waals surface area contributed by atoms with E-state index in [9.17, 15) is 18.0 Å². The molecule has 0 aliphatic carbocycles. The maximum Gasteiger partial charge on any atom is 0.416 e. The molecule has 1 atom stereocenters. The van der Waals surface area contributed by atoms with Crippen molar-refractivity contribution in [1.82, 2.24) is 0 Å². The molecule has 94 valence electrons. The molecule has 0 saturated carbocycles. The monoisotopic (exact) mass is 266 g/mol. The van der Waals surface area contributed by atoms with Gasteiger partial charge in [-0.25, -0.2) is 0 Å². The summed E-state index contributed by atoms with van der Waals surface area (Å²) < 4.78 is 41.9.